The number of carbonyl (C=O) groups excluding carboxylic acids is 4. The number of carbonyl (C=O) groups is 4. The second-order valence-corrected chi connectivity index (χ2v) is 23.9. The van der Waals surface area contributed by atoms with Crippen molar-refractivity contribution in [1.82, 2.24) is 40.5 Å². The first-order valence-electron chi connectivity index (χ1n) is 28.2. The van der Waals surface area contributed by atoms with Crippen LogP contribution >= 0.6 is 11.3 Å². The normalized spacial score (nSPS) is 20.0. The van der Waals surface area contributed by atoms with Crippen molar-refractivity contribution in [2.45, 2.75) is 148 Å². The fraction of sp³-hybridized carbons (Fsp3) is 0.517. The number of aromatic nitrogens is 3. The van der Waals surface area contributed by atoms with E-state index in [2.05, 4.69) is 64.8 Å². The van der Waals surface area contributed by atoms with Gasteiger partial charge in [0, 0.05) is 107 Å². The van der Waals surface area contributed by atoms with E-state index in [-0.39, 0.29) is 43.1 Å². The predicted octanol–water partition coefficient (Wildman–Crippen LogP) is 7.56. The molecular formula is C60H80N12O5S. The summed E-state index contributed by atoms with van der Waals surface area (Å²) in [6, 6.07) is 25.8. The van der Waals surface area contributed by atoms with Crippen molar-refractivity contribution in [3.05, 3.63) is 101 Å². The number of piperazine rings is 2. The van der Waals surface area contributed by atoms with Gasteiger partial charge in [0.15, 0.2) is 5.82 Å². The summed E-state index contributed by atoms with van der Waals surface area (Å²) < 4.78 is 0. The number of para-hydroxylation sites is 1. The number of nitrogens with zero attached hydrogens (tertiary/aromatic N) is 8. The number of hydrogen-bond acceptors (Lipinski definition) is 14. The minimum Gasteiger partial charge on any atom is -0.398 e. The van der Waals surface area contributed by atoms with Crippen LogP contribution in [0.1, 0.15) is 115 Å². The number of benzene rings is 3. The Kier molecular flexibility index (Phi) is 18.3. The number of rotatable bonds is 21. The van der Waals surface area contributed by atoms with Crippen LogP contribution < -0.4 is 31.9 Å². The van der Waals surface area contributed by atoms with Crippen LogP contribution in [-0.2, 0) is 32.3 Å². The molecule has 5 aromatic rings. The van der Waals surface area contributed by atoms with Gasteiger partial charge < -0.3 is 46.8 Å². The lowest BCUT2D eigenvalue weighted by Crippen LogP contribution is -2.57. The van der Waals surface area contributed by atoms with Crippen molar-refractivity contribution < 1.29 is 24.3 Å². The van der Waals surface area contributed by atoms with Gasteiger partial charge in [-0.3, -0.25) is 24.1 Å². The SMILES string of the molecule is Cc1ncsc1-c1ccc(CNC(=O)[C@@H]2C[C@@H](O)CN2C(=O)[C@@H](NC(=O)CCCCCCCCCC(=O)N2CCN(Cc3cccc(N4C5CCC4CN(c4cc(-c6ccccc6N)nnc4N)C5)c3)CC2)C(C)(C)C)cc1. The topological polar surface area (TPSA) is 219 Å². The van der Waals surface area contributed by atoms with Gasteiger partial charge in [0.05, 0.1) is 33.6 Å². The summed E-state index contributed by atoms with van der Waals surface area (Å²) in [5.74, 6) is -0.200. The third kappa shape index (κ3) is 13.8. The molecular weight excluding hydrogens is 1000 g/mol. The Balaban J connectivity index is 0.637. The second kappa shape index (κ2) is 25.4. The number of likely N-dealkylation sites (tertiary alicyclic amines) is 1. The Morgan fingerprint density at radius 2 is 1.49 bits per heavy atom. The smallest absolute Gasteiger partial charge is 0.246 e. The number of hydrogen-bond donors (Lipinski definition) is 5. The van der Waals surface area contributed by atoms with E-state index in [0.29, 0.717) is 42.9 Å². The molecule has 4 aliphatic heterocycles. The largest absolute Gasteiger partial charge is 0.398 e. The van der Waals surface area contributed by atoms with Gasteiger partial charge in [-0.05, 0) is 79.0 Å². The van der Waals surface area contributed by atoms with Crippen LogP contribution in [0.2, 0.25) is 0 Å². The zero-order chi connectivity index (χ0) is 54.9. The molecule has 17 nitrogen and oxygen atoms in total. The van der Waals surface area contributed by atoms with Gasteiger partial charge in [-0.15, -0.1) is 21.5 Å². The van der Waals surface area contributed by atoms with Crippen LogP contribution in [0.25, 0.3) is 21.7 Å². The van der Waals surface area contributed by atoms with Crippen LogP contribution in [0, 0.1) is 12.3 Å². The van der Waals surface area contributed by atoms with Crippen molar-refractivity contribution in [1.29, 1.82) is 0 Å². The first-order chi connectivity index (χ1) is 37.6. The Morgan fingerprint density at radius 1 is 0.795 bits per heavy atom. The zero-order valence-corrected chi connectivity index (χ0v) is 46.9. The summed E-state index contributed by atoms with van der Waals surface area (Å²) >= 11 is 1.59. The van der Waals surface area contributed by atoms with Gasteiger partial charge in [-0.2, -0.15) is 0 Å². The molecule has 6 heterocycles. The lowest BCUT2D eigenvalue weighted by molar-refractivity contribution is -0.144. The Bertz CT molecular complexity index is 2850. The molecule has 0 spiro atoms. The molecule has 5 atom stereocenters. The number of aliphatic hydroxyl groups is 1. The van der Waals surface area contributed by atoms with Crippen LogP contribution in [0.4, 0.5) is 22.9 Å². The number of anilines is 4. The molecule has 3 aromatic carbocycles. The second-order valence-electron chi connectivity index (χ2n) is 23.0. The molecule has 0 radical (unpaired) electrons. The van der Waals surface area contributed by atoms with Gasteiger partial charge >= 0.3 is 0 Å². The molecule has 0 aliphatic carbocycles. The highest BCUT2D eigenvalue weighted by atomic mass is 32.1. The molecule has 4 fully saturated rings. The van der Waals surface area contributed by atoms with E-state index >= 15 is 0 Å². The fourth-order valence-corrected chi connectivity index (χ4v) is 12.7. The number of aryl methyl sites for hydroxylation is 1. The summed E-state index contributed by atoms with van der Waals surface area (Å²) in [7, 11) is 0. The molecule has 4 aliphatic rings. The summed E-state index contributed by atoms with van der Waals surface area (Å²) in [5.41, 5.74) is 22.6. The monoisotopic (exact) mass is 1080 g/mol. The maximum Gasteiger partial charge on any atom is 0.246 e. The standard InChI is InChI=1S/C60H80N12O5S/c1-40-55(78-39-64-40)43-23-21-41(22-24-43)34-63-58(76)52-32-47(73)38-71(52)59(77)56(60(2,3)4)65-53(74)19-10-8-6-5-7-9-11-20-54(75)69-29-27-68(28-30-69)35-42-15-14-16-44(31-42)72-45-25-26-46(72)37-70(36-45)51-33-50(66-67-57(51)62)48-17-12-13-18-49(48)61/h12-18,21-24,31,33,39,45-47,52,56,73H,5-11,19-20,25-30,32,34-38,61H2,1-4H3,(H2,62,67)(H,63,76)(H,65,74)/t45?,46?,47-,52+,56-/m1/s1. The van der Waals surface area contributed by atoms with Gasteiger partial charge in [0.1, 0.15) is 12.1 Å². The van der Waals surface area contributed by atoms with Crippen LogP contribution in [0.15, 0.2) is 84.4 Å². The van der Waals surface area contributed by atoms with Crippen LogP contribution in [0.5, 0.6) is 0 Å². The first-order valence-corrected chi connectivity index (χ1v) is 29.1. The number of nitrogens with two attached hydrogens (primary N) is 2. The molecule has 18 heteroatoms. The lowest BCUT2D eigenvalue weighted by atomic mass is 9.85. The van der Waals surface area contributed by atoms with Crippen molar-refractivity contribution in [3.63, 3.8) is 0 Å². The number of unbranched alkanes of at least 4 members (excludes halogenated alkanes) is 6. The van der Waals surface area contributed by atoms with Gasteiger partial charge in [0.2, 0.25) is 23.6 Å². The highest BCUT2D eigenvalue weighted by Crippen LogP contribution is 2.39. The van der Waals surface area contributed by atoms with E-state index in [1.165, 1.54) is 16.2 Å². The van der Waals surface area contributed by atoms with E-state index in [0.717, 1.165) is 136 Å². The fourth-order valence-electron chi connectivity index (χ4n) is 11.9. The molecule has 4 saturated heterocycles. The average Bonchev–Trinajstić information content (AvgIpc) is 4.30. The Morgan fingerprint density at radius 3 is 2.17 bits per heavy atom. The van der Waals surface area contributed by atoms with Crippen molar-refractivity contribution >= 4 is 57.8 Å². The summed E-state index contributed by atoms with van der Waals surface area (Å²) in [6.07, 6.45) is 8.99. The molecule has 4 amide bonds. The highest BCUT2D eigenvalue weighted by molar-refractivity contribution is 7.13. The van der Waals surface area contributed by atoms with Gasteiger partial charge in [0.25, 0.3) is 0 Å². The number of fused-ring (bicyclic) bond motifs is 2. The third-order valence-corrected chi connectivity index (χ3v) is 17.2. The van der Waals surface area contributed by atoms with E-state index in [4.69, 9.17) is 11.5 Å². The van der Waals surface area contributed by atoms with Gasteiger partial charge in [-0.1, -0.05) is 107 Å². The van der Waals surface area contributed by atoms with Crippen LogP contribution in [0.3, 0.4) is 0 Å². The van der Waals surface area contributed by atoms with E-state index < -0.39 is 23.6 Å². The summed E-state index contributed by atoms with van der Waals surface area (Å²) in [6.45, 7) is 13.8. The highest BCUT2D eigenvalue weighted by Gasteiger charge is 2.45. The van der Waals surface area contributed by atoms with Gasteiger partial charge in [-0.25, -0.2) is 4.98 Å². The maximum absolute atomic E-state index is 14.1. The minimum atomic E-state index is -0.853. The first kappa shape index (κ1) is 56.1. The van der Waals surface area contributed by atoms with E-state index in [1.54, 1.807) is 11.3 Å². The molecule has 0 saturated carbocycles. The maximum atomic E-state index is 14.1. The molecule has 9 rings (SSSR count). The molecule has 2 unspecified atom stereocenters. The molecule has 416 valence electrons. The number of β-amino-alcohol motifs (C(OH)–C–C–N with tert-alkyl or cyclic N) is 1. The number of thiazole rings is 1. The number of amides is 4. The molecule has 2 aromatic heterocycles. The molecule has 78 heavy (non-hydrogen) atoms. The predicted molar refractivity (Wildman–Crippen MR) is 309 cm³/mol. The molecule has 7 N–H and O–H groups in total. The van der Waals surface area contributed by atoms with Crippen molar-refractivity contribution in [2.75, 3.05) is 67.1 Å². The molecule has 2 bridgehead atoms. The quantitative estimate of drug-likeness (QED) is 0.0354. The Hall–Kier alpha value is -6.63. The zero-order valence-electron chi connectivity index (χ0n) is 46.0. The summed E-state index contributed by atoms with van der Waals surface area (Å²) in [5, 5.41) is 25.3. The Labute approximate surface area is 464 Å². The van der Waals surface area contributed by atoms with Crippen LogP contribution in [-0.4, -0.2) is 135 Å². The number of nitrogen functional groups attached to an aromatic ring is 2. The third-order valence-electron chi connectivity index (χ3n) is 16.2. The van der Waals surface area contributed by atoms with E-state index in [9.17, 15) is 24.3 Å². The van der Waals surface area contributed by atoms with Crippen molar-refractivity contribution in [3.8, 4) is 21.7 Å². The van der Waals surface area contributed by atoms with E-state index in [1.807, 2.05) is 92.7 Å². The lowest BCUT2D eigenvalue weighted by Gasteiger charge is -2.43. The average molecular weight is 1080 g/mol. The minimum absolute atomic E-state index is 0.0329. The summed E-state index contributed by atoms with van der Waals surface area (Å²) in [4.78, 5) is 70.4. The van der Waals surface area contributed by atoms with Crippen molar-refractivity contribution in [2.24, 2.45) is 5.41 Å². The number of aliphatic hydroxyl groups excluding tert-OH is 1. The number of nitrogens with one attached hydrogen (secondary N) is 2.